The van der Waals surface area contributed by atoms with Gasteiger partial charge in [-0.15, -0.1) is 0 Å². The van der Waals surface area contributed by atoms with Gasteiger partial charge < -0.3 is 15.3 Å². The van der Waals surface area contributed by atoms with E-state index in [0.29, 0.717) is 5.69 Å². The minimum Gasteiger partial charge on any atom is -0.504 e. The average molecular weight is 455 g/mol. The smallest absolute Gasteiger partial charge is 0.293 e. The van der Waals surface area contributed by atoms with E-state index in [9.17, 15) is 20.0 Å². The number of hydrogen-bond donors (Lipinski definition) is 3. The molecule has 2 aromatic rings. The highest BCUT2D eigenvalue weighted by molar-refractivity contribution is 7.80. The lowest BCUT2D eigenvalue weighted by Gasteiger charge is -2.18. The third-order valence-electron chi connectivity index (χ3n) is 4.38. The second kappa shape index (κ2) is 8.81. The van der Waals surface area contributed by atoms with Crippen molar-refractivity contribution in [2.45, 2.75) is 12.8 Å². The first-order valence-corrected chi connectivity index (χ1v) is 9.76. The molecule has 1 heterocycles. The molecule has 11 heteroatoms. The molecular formula is C18H16Cl2N4O4S. The predicted molar refractivity (Wildman–Crippen MR) is 116 cm³/mol. The number of aromatic hydroxyl groups is 1. The van der Waals surface area contributed by atoms with Crippen LogP contribution in [0.15, 0.2) is 30.3 Å². The van der Waals surface area contributed by atoms with Crippen molar-refractivity contribution in [3.63, 3.8) is 0 Å². The van der Waals surface area contributed by atoms with Crippen molar-refractivity contribution in [1.82, 2.24) is 5.32 Å². The number of nitrogens with zero attached hydrogens (tertiary/aromatic N) is 2. The van der Waals surface area contributed by atoms with Gasteiger partial charge in [-0.25, -0.2) is 0 Å². The van der Waals surface area contributed by atoms with E-state index in [2.05, 4.69) is 10.6 Å². The number of benzene rings is 2. The largest absolute Gasteiger partial charge is 0.504 e. The Morgan fingerprint density at radius 1 is 1.21 bits per heavy atom. The molecule has 1 aliphatic heterocycles. The van der Waals surface area contributed by atoms with Crippen LogP contribution in [-0.2, 0) is 0 Å². The van der Waals surface area contributed by atoms with Crippen molar-refractivity contribution in [3.05, 3.63) is 56.1 Å². The van der Waals surface area contributed by atoms with E-state index in [0.717, 1.165) is 25.9 Å². The number of hydrogen-bond acceptors (Lipinski definition) is 6. The lowest BCUT2D eigenvalue weighted by molar-refractivity contribution is -0.384. The van der Waals surface area contributed by atoms with Crippen LogP contribution in [0, 0.1) is 10.1 Å². The van der Waals surface area contributed by atoms with Crippen LogP contribution >= 0.6 is 35.4 Å². The molecule has 0 saturated carbocycles. The summed E-state index contributed by atoms with van der Waals surface area (Å²) in [6.45, 7) is 1.48. The molecule has 152 valence electrons. The number of carbonyl (C=O) groups excluding carboxylic acids is 1. The zero-order valence-corrected chi connectivity index (χ0v) is 17.3. The number of phenols is 1. The number of nitro benzene ring substituents is 1. The summed E-state index contributed by atoms with van der Waals surface area (Å²) in [7, 11) is 0. The molecule has 0 bridgehead atoms. The Hall–Kier alpha value is -2.62. The third-order valence-corrected chi connectivity index (χ3v) is 5.09. The summed E-state index contributed by atoms with van der Waals surface area (Å²) >= 11 is 16.8. The van der Waals surface area contributed by atoms with Crippen molar-refractivity contribution < 1.29 is 14.8 Å². The summed E-state index contributed by atoms with van der Waals surface area (Å²) in [5.74, 6) is -0.913. The molecule has 0 radical (unpaired) electrons. The van der Waals surface area contributed by atoms with Gasteiger partial charge in [0.15, 0.2) is 10.9 Å². The maximum Gasteiger partial charge on any atom is 0.293 e. The summed E-state index contributed by atoms with van der Waals surface area (Å²) in [5.41, 5.74) is 0.543. The number of anilines is 2. The van der Waals surface area contributed by atoms with Crippen molar-refractivity contribution in [1.29, 1.82) is 0 Å². The molecule has 3 rings (SSSR count). The van der Waals surface area contributed by atoms with Gasteiger partial charge in [-0.1, -0.05) is 23.2 Å². The quantitative estimate of drug-likeness (QED) is 0.273. The molecule has 3 N–H and O–H groups in total. The van der Waals surface area contributed by atoms with Gasteiger partial charge in [0.2, 0.25) is 0 Å². The highest BCUT2D eigenvalue weighted by Crippen LogP contribution is 2.35. The fraction of sp³-hybridized carbons (Fsp3) is 0.222. The lowest BCUT2D eigenvalue weighted by atomic mass is 10.1. The van der Waals surface area contributed by atoms with E-state index >= 15 is 0 Å². The molecule has 0 aliphatic carbocycles. The van der Waals surface area contributed by atoms with Gasteiger partial charge >= 0.3 is 0 Å². The summed E-state index contributed by atoms with van der Waals surface area (Å²) in [6.07, 6.45) is 1.94. The van der Waals surface area contributed by atoms with Gasteiger partial charge in [-0.2, -0.15) is 0 Å². The van der Waals surface area contributed by atoms with Crippen LogP contribution in [-0.4, -0.2) is 34.1 Å². The van der Waals surface area contributed by atoms with Crippen LogP contribution in [0.25, 0.3) is 0 Å². The molecule has 8 nitrogen and oxygen atoms in total. The maximum atomic E-state index is 12.5. The maximum absolute atomic E-state index is 12.5. The molecule has 0 atom stereocenters. The standard InChI is InChI=1S/C18H16Cl2N4O4S/c19-11-8-12(20)16(25)13(9-11)21-18(29)22-17(26)10-3-4-14(15(7-10)24(27)28)23-5-1-2-6-23/h3-4,7-9,25H,1-2,5-6H2,(H2,21,22,26,29). The zero-order chi connectivity index (χ0) is 21.1. The normalized spacial score (nSPS) is 13.2. The summed E-state index contributed by atoms with van der Waals surface area (Å²) in [4.78, 5) is 25.4. The van der Waals surface area contributed by atoms with Crippen LogP contribution in [0.4, 0.5) is 17.1 Å². The minimum atomic E-state index is -0.633. The Bertz CT molecular complexity index is 996. The molecule has 29 heavy (non-hydrogen) atoms. The fourth-order valence-corrected chi connectivity index (χ4v) is 3.72. The Morgan fingerprint density at radius 3 is 2.55 bits per heavy atom. The van der Waals surface area contributed by atoms with Crippen molar-refractivity contribution in [2.75, 3.05) is 23.3 Å². The summed E-state index contributed by atoms with van der Waals surface area (Å²) in [5, 5.41) is 26.6. The van der Waals surface area contributed by atoms with Crippen molar-refractivity contribution in [3.8, 4) is 5.75 Å². The number of nitrogens with one attached hydrogen (secondary N) is 2. The zero-order valence-electron chi connectivity index (χ0n) is 14.9. The van der Waals surface area contributed by atoms with E-state index in [1.54, 1.807) is 6.07 Å². The monoisotopic (exact) mass is 454 g/mol. The van der Waals surface area contributed by atoms with Gasteiger partial charge in [-0.3, -0.25) is 20.2 Å². The molecule has 1 saturated heterocycles. The Labute approximate surface area is 181 Å². The second-order valence-corrected chi connectivity index (χ2v) is 7.60. The first-order chi connectivity index (χ1) is 13.8. The Morgan fingerprint density at radius 2 is 1.90 bits per heavy atom. The molecular weight excluding hydrogens is 439 g/mol. The number of rotatable bonds is 4. The second-order valence-electron chi connectivity index (χ2n) is 6.35. The van der Waals surface area contributed by atoms with Crippen LogP contribution in [0.2, 0.25) is 10.0 Å². The third kappa shape index (κ3) is 4.87. The van der Waals surface area contributed by atoms with E-state index in [1.807, 2.05) is 4.90 Å². The van der Waals surface area contributed by atoms with Gasteiger partial charge in [0, 0.05) is 29.7 Å². The van der Waals surface area contributed by atoms with E-state index in [4.69, 9.17) is 35.4 Å². The average Bonchev–Trinajstić information content (AvgIpc) is 3.19. The number of thiocarbonyl (C=S) groups is 1. The number of halogens is 2. The molecule has 2 aromatic carbocycles. The van der Waals surface area contributed by atoms with Gasteiger partial charge in [0.25, 0.3) is 11.6 Å². The molecule has 1 fully saturated rings. The highest BCUT2D eigenvalue weighted by atomic mass is 35.5. The molecule has 0 unspecified atom stereocenters. The fourth-order valence-electron chi connectivity index (χ4n) is 3.03. The van der Waals surface area contributed by atoms with Crippen LogP contribution in [0.3, 0.4) is 0 Å². The van der Waals surface area contributed by atoms with Gasteiger partial charge in [0.05, 0.1) is 15.6 Å². The van der Waals surface area contributed by atoms with E-state index in [-0.39, 0.29) is 37.8 Å². The number of nitro groups is 1. The minimum absolute atomic E-state index is 0.0160. The number of carbonyl (C=O) groups is 1. The summed E-state index contributed by atoms with van der Waals surface area (Å²) < 4.78 is 0. The van der Waals surface area contributed by atoms with Crippen LogP contribution in [0.1, 0.15) is 23.2 Å². The Balaban J connectivity index is 1.76. The van der Waals surface area contributed by atoms with Crippen LogP contribution in [0.5, 0.6) is 5.75 Å². The van der Waals surface area contributed by atoms with E-state index < -0.39 is 10.8 Å². The molecule has 1 aliphatic rings. The topological polar surface area (TPSA) is 108 Å². The molecule has 1 amide bonds. The molecule has 0 spiro atoms. The number of amides is 1. The number of phenolic OH excluding ortho intramolecular Hbond substituents is 1. The van der Waals surface area contributed by atoms with Crippen molar-refractivity contribution in [2.24, 2.45) is 0 Å². The highest BCUT2D eigenvalue weighted by Gasteiger charge is 2.24. The van der Waals surface area contributed by atoms with E-state index in [1.165, 1.54) is 24.3 Å². The Kier molecular flexibility index (Phi) is 6.41. The first-order valence-electron chi connectivity index (χ1n) is 8.60. The molecule has 0 aromatic heterocycles. The SMILES string of the molecule is O=C(NC(=S)Nc1cc(Cl)cc(Cl)c1O)c1ccc(N2CCCC2)c([N+](=O)[O-])c1. The predicted octanol–water partition coefficient (Wildman–Crippen LogP) is 4.33. The first kappa shape index (κ1) is 21.1. The lowest BCUT2D eigenvalue weighted by Crippen LogP contribution is -2.34. The van der Waals surface area contributed by atoms with Crippen molar-refractivity contribution >= 4 is 63.5 Å². The summed E-state index contributed by atoms with van der Waals surface area (Å²) in [6, 6.07) is 7.03. The van der Waals surface area contributed by atoms with Gasteiger partial charge in [-0.05, 0) is 49.3 Å². The van der Waals surface area contributed by atoms with Crippen LogP contribution < -0.4 is 15.5 Å². The van der Waals surface area contributed by atoms with Gasteiger partial charge in [0.1, 0.15) is 5.69 Å².